The molecule has 0 aliphatic heterocycles. The number of unbranched alkanes of at least 4 members (excludes halogenated alkanes) is 1. The summed E-state index contributed by atoms with van der Waals surface area (Å²) in [6, 6.07) is 2.20. The van der Waals surface area contributed by atoms with Crippen molar-refractivity contribution in [2.75, 3.05) is 13.2 Å². The zero-order valence-corrected chi connectivity index (χ0v) is 14.3. The first-order chi connectivity index (χ1) is 12.7. The molecular formula is C15H20N4O8. The molecular weight excluding hydrogens is 364 g/mol. The van der Waals surface area contributed by atoms with Gasteiger partial charge < -0.3 is 20.9 Å². The van der Waals surface area contributed by atoms with E-state index in [2.05, 4.69) is 5.32 Å². The van der Waals surface area contributed by atoms with Gasteiger partial charge in [-0.05, 0) is 25.3 Å². The number of nitrogens with zero attached hydrogens (tertiary/aromatic N) is 2. The van der Waals surface area contributed by atoms with E-state index in [-0.39, 0.29) is 31.1 Å². The van der Waals surface area contributed by atoms with E-state index in [1.807, 2.05) is 0 Å². The molecule has 0 fully saturated rings. The number of rotatable bonds is 12. The van der Waals surface area contributed by atoms with Gasteiger partial charge in [-0.3, -0.25) is 29.8 Å². The van der Waals surface area contributed by atoms with Crippen molar-refractivity contribution in [1.29, 1.82) is 0 Å². The van der Waals surface area contributed by atoms with E-state index >= 15 is 0 Å². The molecule has 0 bridgehead atoms. The summed E-state index contributed by atoms with van der Waals surface area (Å²) in [6.07, 6.45) is 1.14. The molecule has 0 saturated carbocycles. The van der Waals surface area contributed by atoms with Gasteiger partial charge in [-0.25, -0.2) is 0 Å². The zero-order chi connectivity index (χ0) is 20.4. The molecule has 1 atom stereocenters. The van der Waals surface area contributed by atoms with Crippen LogP contribution in [-0.4, -0.2) is 46.0 Å². The van der Waals surface area contributed by atoms with Crippen molar-refractivity contribution in [3.8, 4) is 5.75 Å². The number of benzene rings is 1. The van der Waals surface area contributed by atoms with Crippen LogP contribution in [-0.2, 0) is 9.59 Å². The predicted molar refractivity (Wildman–Crippen MR) is 92.3 cm³/mol. The van der Waals surface area contributed by atoms with Gasteiger partial charge in [-0.15, -0.1) is 0 Å². The van der Waals surface area contributed by atoms with E-state index < -0.39 is 33.2 Å². The van der Waals surface area contributed by atoms with Crippen molar-refractivity contribution >= 4 is 23.3 Å². The molecule has 0 spiro atoms. The molecule has 0 saturated heterocycles. The standard InChI is InChI=1S/C15H20N4O8/c16-11(15(21)22)4-6-14(20)17-7-1-2-8-27-10-3-5-12(18(23)24)13(9-10)19(25)26/h3,5,9,11H,1-2,4,6-8,16H2,(H,17,20)(H,21,22)/t11-/m0/s1. The average molecular weight is 384 g/mol. The molecule has 1 aromatic rings. The summed E-state index contributed by atoms with van der Waals surface area (Å²) in [5, 5.41) is 32.8. The monoisotopic (exact) mass is 384 g/mol. The highest BCUT2D eigenvalue weighted by atomic mass is 16.6. The van der Waals surface area contributed by atoms with Crippen LogP contribution in [0.15, 0.2) is 18.2 Å². The van der Waals surface area contributed by atoms with Crippen molar-refractivity contribution in [1.82, 2.24) is 5.32 Å². The van der Waals surface area contributed by atoms with Crippen LogP contribution in [0.25, 0.3) is 0 Å². The van der Waals surface area contributed by atoms with E-state index in [1.165, 1.54) is 6.07 Å². The number of carbonyl (C=O) groups excluding carboxylic acids is 1. The summed E-state index contributed by atoms with van der Waals surface area (Å²) in [6.45, 7) is 0.555. The maximum absolute atomic E-state index is 11.5. The number of aliphatic carboxylic acids is 1. The van der Waals surface area contributed by atoms with E-state index in [0.29, 0.717) is 19.4 Å². The minimum Gasteiger partial charge on any atom is -0.493 e. The lowest BCUT2D eigenvalue weighted by Gasteiger charge is -2.08. The molecule has 0 aliphatic rings. The van der Waals surface area contributed by atoms with E-state index in [0.717, 1.165) is 12.1 Å². The van der Waals surface area contributed by atoms with E-state index in [4.69, 9.17) is 15.6 Å². The number of amides is 1. The Labute approximate surface area is 153 Å². The highest BCUT2D eigenvalue weighted by molar-refractivity contribution is 5.78. The van der Waals surface area contributed by atoms with Gasteiger partial charge in [0, 0.05) is 19.0 Å². The molecule has 12 nitrogen and oxygen atoms in total. The van der Waals surface area contributed by atoms with Gasteiger partial charge in [0.05, 0.1) is 22.5 Å². The molecule has 0 aliphatic carbocycles. The zero-order valence-electron chi connectivity index (χ0n) is 14.3. The molecule has 0 unspecified atom stereocenters. The number of nitro groups is 2. The topological polar surface area (TPSA) is 188 Å². The lowest BCUT2D eigenvalue weighted by atomic mass is 10.1. The number of nitrogens with one attached hydrogen (secondary N) is 1. The van der Waals surface area contributed by atoms with Crippen molar-refractivity contribution in [2.24, 2.45) is 5.73 Å². The molecule has 4 N–H and O–H groups in total. The average Bonchev–Trinajstić information content (AvgIpc) is 2.61. The SMILES string of the molecule is N[C@@H](CCC(=O)NCCCCOc1ccc([N+](=O)[O-])c([N+](=O)[O-])c1)C(=O)O. The smallest absolute Gasteiger partial charge is 0.349 e. The number of ether oxygens (including phenoxy) is 1. The van der Waals surface area contributed by atoms with Crippen LogP contribution in [0.4, 0.5) is 11.4 Å². The van der Waals surface area contributed by atoms with Gasteiger partial charge in [0.15, 0.2) is 0 Å². The van der Waals surface area contributed by atoms with Crippen LogP contribution in [0.3, 0.4) is 0 Å². The van der Waals surface area contributed by atoms with Crippen LogP contribution in [0, 0.1) is 20.2 Å². The van der Waals surface area contributed by atoms with E-state index in [1.54, 1.807) is 0 Å². The quantitative estimate of drug-likeness (QED) is 0.268. The molecule has 0 radical (unpaired) electrons. The Morgan fingerprint density at radius 2 is 1.85 bits per heavy atom. The van der Waals surface area contributed by atoms with Gasteiger partial charge in [-0.2, -0.15) is 0 Å². The largest absolute Gasteiger partial charge is 0.493 e. The van der Waals surface area contributed by atoms with Crippen molar-refractivity contribution < 1.29 is 29.3 Å². The Morgan fingerprint density at radius 3 is 2.44 bits per heavy atom. The highest BCUT2D eigenvalue weighted by Crippen LogP contribution is 2.30. The molecule has 27 heavy (non-hydrogen) atoms. The number of nitro benzene ring substituents is 2. The molecule has 12 heteroatoms. The molecule has 148 valence electrons. The number of carboxylic acids is 1. The second-order valence-electron chi connectivity index (χ2n) is 5.55. The number of carboxylic acid groups (broad SMARTS) is 1. The minimum atomic E-state index is -1.16. The summed E-state index contributed by atoms with van der Waals surface area (Å²) in [5.41, 5.74) is 4.03. The number of hydrogen-bond donors (Lipinski definition) is 3. The van der Waals surface area contributed by atoms with Crippen LogP contribution in [0.1, 0.15) is 25.7 Å². The van der Waals surface area contributed by atoms with Gasteiger partial charge in [0.1, 0.15) is 11.8 Å². The lowest BCUT2D eigenvalue weighted by Crippen LogP contribution is -2.33. The highest BCUT2D eigenvalue weighted by Gasteiger charge is 2.24. The van der Waals surface area contributed by atoms with Crippen molar-refractivity contribution in [3.05, 3.63) is 38.4 Å². The first-order valence-corrected chi connectivity index (χ1v) is 8.03. The van der Waals surface area contributed by atoms with Crippen LogP contribution < -0.4 is 15.8 Å². The summed E-state index contributed by atoms with van der Waals surface area (Å²) in [5.74, 6) is -1.33. The van der Waals surface area contributed by atoms with Gasteiger partial charge >= 0.3 is 17.3 Å². The van der Waals surface area contributed by atoms with Crippen LogP contribution >= 0.6 is 0 Å². The second kappa shape index (κ2) is 10.7. The molecule has 1 aromatic carbocycles. The fraction of sp³-hybridized carbons (Fsp3) is 0.467. The Hall–Kier alpha value is -3.28. The van der Waals surface area contributed by atoms with Gasteiger partial charge in [0.2, 0.25) is 5.91 Å². The minimum absolute atomic E-state index is 0.0103. The maximum Gasteiger partial charge on any atom is 0.349 e. The fourth-order valence-electron chi connectivity index (χ4n) is 2.04. The second-order valence-corrected chi connectivity index (χ2v) is 5.55. The van der Waals surface area contributed by atoms with Gasteiger partial charge in [0.25, 0.3) is 0 Å². The van der Waals surface area contributed by atoms with Crippen LogP contribution in [0.5, 0.6) is 5.75 Å². The summed E-state index contributed by atoms with van der Waals surface area (Å²) < 4.78 is 5.32. The summed E-state index contributed by atoms with van der Waals surface area (Å²) in [4.78, 5) is 41.9. The Kier molecular flexibility index (Phi) is 8.59. The Bertz CT molecular complexity index is 709. The number of hydrogen-bond acceptors (Lipinski definition) is 8. The first-order valence-electron chi connectivity index (χ1n) is 8.03. The summed E-state index contributed by atoms with van der Waals surface area (Å²) >= 11 is 0. The molecule has 1 rings (SSSR count). The number of nitrogens with two attached hydrogens (primary N) is 1. The fourth-order valence-corrected chi connectivity index (χ4v) is 2.04. The number of carbonyl (C=O) groups is 2. The Balaban J connectivity index is 2.29. The van der Waals surface area contributed by atoms with Crippen molar-refractivity contribution in [3.63, 3.8) is 0 Å². The third kappa shape index (κ3) is 7.64. The normalized spacial score (nSPS) is 11.4. The van der Waals surface area contributed by atoms with Gasteiger partial charge in [-0.1, -0.05) is 0 Å². The lowest BCUT2D eigenvalue weighted by molar-refractivity contribution is -0.422. The van der Waals surface area contributed by atoms with Crippen molar-refractivity contribution in [2.45, 2.75) is 31.7 Å². The maximum atomic E-state index is 11.5. The predicted octanol–water partition coefficient (Wildman–Crippen LogP) is 0.970. The Morgan fingerprint density at radius 1 is 1.19 bits per heavy atom. The summed E-state index contributed by atoms with van der Waals surface area (Å²) in [7, 11) is 0. The molecule has 1 amide bonds. The van der Waals surface area contributed by atoms with Crippen LogP contribution in [0.2, 0.25) is 0 Å². The first kappa shape index (κ1) is 21.8. The third-order valence-corrected chi connectivity index (χ3v) is 3.50. The van der Waals surface area contributed by atoms with E-state index in [9.17, 15) is 29.8 Å². The molecule has 0 aromatic heterocycles. The molecule has 0 heterocycles. The third-order valence-electron chi connectivity index (χ3n) is 3.50.